The van der Waals surface area contributed by atoms with Gasteiger partial charge in [-0.05, 0) is 29.3 Å². The van der Waals surface area contributed by atoms with Crippen LogP contribution in [0, 0.1) is 6.92 Å². The van der Waals surface area contributed by atoms with Crippen molar-refractivity contribution in [2.75, 3.05) is 5.73 Å². The Morgan fingerprint density at radius 1 is 1.42 bits per heavy atom. The average molecular weight is 316 g/mol. The van der Waals surface area contributed by atoms with Crippen molar-refractivity contribution in [3.05, 3.63) is 26.4 Å². The van der Waals surface area contributed by atoms with Crippen LogP contribution in [0.25, 0.3) is 9.75 Å². The third kappa shape index (κ3) is 2.38. The van der Waals surface area contributed by atoms with Gasteiger partial charge in [0, 0.05) is 0 Å². The van der Waals surface area contributed by atoms with Crippen LogP contribution in [0.2, 0.25) is 5.02 Å². The first-order valence-electron chi connectivity index (χ1n) is 5.74. The highest BCUT2D eigenvalue weighted by Crippen LogP contribution is 2.47. The molecule has 0 saturated carbocycles. The normalized spacial score (nSPS) is 11.2. The summed E-state index contributed by atoms with van der Waals surface area (Å²) in [5.41, 5.74) is 8.24. The number of carbonyl (C=O) groups is 1. The summed E-state index contributed by atoms with van der Waals surface area (Å²) in [6.45, 7) is 5.94. The molecular weight excluding hydrogens is 302 g/mol. The van der Waals surface area contributed by atoms with Gasteiger partial charge in [-0.3, -0.25) is 0 Å². The van der Waals surface area contributed by atoms with Gasteiger partial charge in [0.15, 0.2) is 0 Å². The van der Waals surface area contributed by atoms with Gasteiger partial charge in [-0.1, -0.05) is 25.4 Å². The zero-order valence-corrected chi connectivity index (χ0v) is 13.2. The molecule has 0 bridgehead atoms. The van der Waals surface area contributed by atoms with Gasteiger partial charge in [0.25, 0.3) is 0 Å². The molecule has 0 aliphatic carbocycles. The third-order valence-corrected chi connectivity index (χ3v) is 5.93. The van der Waals surface area contributed by atoms with Gasteiger partial charge < -0.3 is 10.8 Å². The van der Waals surface area contributed by atoms with Crippen molar-refractivity contribution < 1.29 is 9.90 Å². The van der Waals surface area contributed by atoms with Crippen molar-refractivity contribution in [3.8, 4) is 9.75 Å². The Kier molecular flexibility index (Phi) is 3.90. The molecule has 0 saturated heterocycles. The smallest absolute Gasteiger partial charge is 0.348 e. The lowest BCUT2D eigenvalue weighted by atomic mass is 10.0. The van der Waals surface area contributed by atoms with Gasteiger partial charge in [-0.15, -0.1) is 22.7 Å². The van der Waals surface area contributed by atoms with Crippen LogP contribution in [-0.2, 0) is 0 Å². The average Bonchev–Trinajstić information content (AvgIpc) is 2.81. The predicted octanol–water partition coefficient (Wildman–Crippen LogP) is 4.84. The first-order chi connectivity index (χ1) is 8.84. The Morgan fingerprint density at radius 3 is 2.47 bits per heavy atom. The molecule has 3 nitrogen and oxygen atoms in total. The van der Waals surface area contributed by atoms with E-state index in [9.17, 15) is 9.90 Å². The molecule has 102 valence electrons. The van der Waals surface area contributed by atoms with Crippen LogP contribution in [0.4, 0.5) is 5.69 Å². The minimum Gasteiger partial charge on any atom is -0.477 e. The summed E-state index contributed by atoms with van der Waals surface area (Å²) in [5, 5.41) is 11.9. The number of anilines is 1. The summed E-state index contributed by atoms with van der Waals surface area (Å²) >= 11 is 9.02. The van der Waals surface area contributed by atoms with Crippen LogP contribution in [0.5, 0.6) is 0 Å². The topological polar surface area (TPSA) is 63.3 Å². The second-order valence-corrected chi connectivity index (χ2v) is 6.89. The fourth-order valence-corrected chi connectivity index (χ4v) is 4.67. The van der Waals surface area contributed by atoms with Crippen molar-refractivity contribution >= 4 is 45.9 Å². The van der Waals surface area contributed by atoms with Gasteiger partial charge in [0.1, 0.15) is 4.88 Å². The Bertz CT molecular complexity index is 643. The minimum atomic E-state index is -0.986. The predicted molar refractivity (Wildman–Crippen MR) is 82.8 cm³/mol. The summed E-state index contributed by atoms with van der Waals surface area (Å²) < 4.78 is 0. The van der Waals surface area contributed by atoms with Crippen molar-refractivity contribution in [1.29, 1.82) is 0 Å². The summed E-state index contributed by atoms with van der Waals surface area (Å²) in [7, 11) is 0. The maximum atomic E-state index is 11.2. The van der Waals surface area contributed by atoms with Crippen LogP contribution in [0.1, 0.15) is 40.6 Å². The standard InChI is InChI=1S/C13H14ClNO2S2/c1-5(2)7-9(15)12(13(16)17)19-10(7)11-8(14)6(3)4-18-11/h4-5H,15H2,1-3H3,(H,16,17). The van der Waals surface area contributed by atoms with Gasteiger partial charge in [-0.2, -0.15) is 0 Å². The minimum absolute atomic E-state index is 0.151. The van der Waals surface area contributed by atoms with E-state index in [1.165, 1.54) is 22.7 Å². The maximum Gasteiger partial charge on any atom is 0.348 e. The van der Waals surface area contributed by atoms with E-state index < -0.39 is 5.97 Å². The van der Waals surface area contributed by atoms with Crippen LogP contribution < -0.4 is 5.73 Å². The molecule has 0 unspecified atom stereocenters. The molecule has 0 atom stereocenters. The van der Waals surface area contributed by atoms with Crippen LogP contribution in [-0.4, -0.2) is 11.1 Å². The second-order valence-electron chi connectivity index (χ2n) is 4.61. The Hall–Kier alpha value is -1.04. The number of nitrogens with two attached hydrogens (primary N) is 1. The lowest BCUT2D eigenvalue weighted by molar-refractivity contribution is 0.0703. The highest BCUT2D eigenvalue weighted by molar-refractivity contribution is 7.23. The molecule has 2 aromatic heterocycles. The van der Waals surface area contributed by atoms with E-state index in [0.29, 0.717) is 10.7 Å². The number of aromatic carboxylic acids is 1. The number of hydrogen-bond donors (Lipinski definition) is 2. The molecular formula is C13H14ClNO2S2. The quantitative estimate of drug-likeness (QED) is 0.851. The van der Waals surface area contributed by atoms with E-state index in [4.69, 9.17) is 17.3 Å². The third-order valence-electron chi connectivity index (χ3n) is 2.86. The van der Waals surface area contributed by atoms with E-state index >= 15 is 0 Å². The highest BCUT2D eigenvalue weighted by atomic mass is 35.5. The molecule has 0 aromatic carbocycles. The Labute approximate surface area is 124 Å². The highest BCUT2D eigenvalue weighted by Gasteiger charge is 2.25. The van der Waals surface area contributed by atoms with E-state index in [-0.39, 0.29) is 10.8 Å². The second kappa shape index (κ2) is 5.15. The number of hydrogen-bond acceptors (Lipinski definition) is 4. The van der Waals surface area contributed by atoms with Crippen molar-refractivity contribution in [2.24, 2.45) is 0 Å². The number of carboxylic acid groups (broad SMARTS) is 1. The fraction of sp³-hybridized carbons (Fsp3) is 0.308. The summed E-state index contributed by atoms with van der Waals surface area (Å²) in [6, 6.07) is 0. The van der Waals surface area contributed by atoms with E-state index in [1.54, 1.807) is 0 Å². The van der Waals surface area contributed by atoms with Gasteiger partial charge in [0.05, 0.1) is 20.5 Å². The number of aryl methyl sites for hydroxylation is 1. The van der Waals surface area contributed by atoms with Gasteiger partial charge in [0.2, 0.25) is 0 Å². The largest absolute Gasteiger partial charge is 0.477 e. The van der Waals surface area contributed by atoms with E-state index in [2.05, 4.69) is 0 Å². The summed E-state index contributed by atoms with van der Waals surface area (Å²) in [5.74, 6) is -0.835. The Morgan fingerprint density at radius 2 is 2.05 bits per heavy atom. The zero-order valence-electron chi connectivity index (χ0n) is 10.8. The SMILES string of the molecule is Cc1csc(-c2sc(C(=O)O)c(N)c2C(C)C)c1Cl. The van der Waals surface area contributed by atoms with Crippen molar-refractivity contribution in [1.82, 2.24) is 0 Å². The summed E-state index contributed by atoms with van der Waals surface area (Å²) in [4.78, 5) is 13.2. The van der Waals surface area contributed by atoms with Gasteiger partial charge >= 0.3 is 5.97 Å². The number of carboxylic acids is 1. The van der Waals surface area contributed by atoms with Crippen LogP contribution >= 0.6 is 34.3 Å². The van der Waals surface area contributed by atoms with Gasteiger partial charge in [-0.25, -0.2) is 4.79 Å². The van der Waals surface area contributed by atoms with E-state index in [1.807, 2.05) is 26.2 Å². The molecule has 6 heteroatoms. The monoisotopic (exact) mass is 315 g/mol. The fourth-order valence-electron chi connectivity index (χ4n) is 1.94. The number of rotatable bonds is 3. The zero-order chi connectivity index (χ0) is 14.3. The number of thiophene rings is 2. The molecule has 0 aliphatic rings. The lowest BCUT2D eigenvalue weighted by Crippen LogP contribution is -2.00. The van der Waals surface area contributed by atoms with Crippen molar-refractivity contribution in [3.63, 3.8) is 0 Å². The molecule has 2 heterocycles. The van der Waals surface area contributed by atoms with Crippen LogP contribution in [0.15, 0.2) is 5.38 Å². The van der Waals surface area contributed by atoms with E-state index in [0.717, 1.165) is 20.9 Å². The molecule has 0 fully saturated rings. The molecule has 19 heavy (non-hydrogen) atoms. The molecule has 2 rings (SSSR count). The number of halogens is 1. The molecule has 0 spiro atoms. The molecule has 0 radical (unpaired) electrons. The molecule has 0 aliphatic heterocycles. The number of nitrogen functional groups attached to an aromatic ring is 1. The molecule has 2 aromatic rings. The van der Waals surface area contributed by atoms with Crippen molar-refractivity contribution in [2.45, 2.75) is 26.7 Å². The molecule has 0 amide bonds. The maximum absolute atomic E-state index is 11.2. The summed E-state index contributed by atoms with van der Waals surface area (Å²) in [6.07, 6.45) is 0. The molecule has 3 N–H and O–H groups in total. The first-order valence-corrected chi connectivity index (χ1v) is 7.81. The van der Waals surface area contributed by atoms with Crippen LogP contribution in [0.3, 0.4) is 0 Å². The lowest BCUT2D eigenvalue weighted by Gasteiger charge is -2.08. The first kappa shape index (κ1) is 14.4. The Balaban J connectivity index is 2.72.